The van der Waals surface area contributed by atoms with Crippen LogP contribution in [0.15, 0.2) is 23.8 Å². The van der Waals surface area contributed by atoms with E-state index in [4.69, 9.17) is 14.2 Å². The molecule has 3 rings (SSSR count). The van der Waals surface area contributed by atoms with E-state index >= 15 is 0 Å². The van der Waals surface area contributed by atoms with Gasteiger partial charge in [0.1, 0.15) is 11.7 Å². The number of carbonyl (C=O) groups excluding carboxylic acids is 2. The van der Waals surface area contributed by atoms with Crippen molar-refractivity contribution in [1.82, 2.24) is 0 Å². The molecular weight excluding hydrogens is 368 g/mol. The second-order valence-electron chi connectivity index (χ2n) is 8.35. The molecule has 8 atom stereocenters. The normalized spacial score (nSPS) is 46.3. The van der Waals surface area contributed by atoms with Crippen molar-refractivity contribution >= 4 is 11.9 Å². The lowest BCUT2D eigenvalue weighted by Crippen LogP contribution is -2.57. The first-order valence-electron chi connectivity index (χ1n) is 9.46. The lowest BCUT2D eigenvalue weighted by molar-refractivity contribution is -0.272. The van der Waals surface area contributed by atoms with Crippen LogP contribution in [0.5, 0.6) is 0 Å². The smallest absolute Gasteiger partial charge is 0.334 e. The van der Waals surface area contributed by atoms with Crippen LogP contribution in [0.1, 0.15) is 40.5 Å². The van der Waals surface area contributed by atoms with Gasteiger partial charge in [0.15, 0.2) is 18.0 Å². The fraction of sp³-hybridized carbons (Fsp3) is 0.700. The Morgan fingerprint density at radius 2 is 2.04 bits per heavy atom. The molecule has 0 radical (unpaired) electrons. The predicted octanol–water partition coefficient (Wildman–Crippen LogP) is 0.591. The highest BCUT2D eigenvalue weighted by molar-refractivity contribution is 5.91. The number of esters is 2. The molecule has 3 fully saturated rings. The highest BCUT2D eigenvalue weighted by Gasteiger charge is 2.63. The number of carbonyl (C=O) groups is 2. The lowest BCUT2D eigenvalue weighted by Gasteiger charge is -2.39. The first kappa shape index (κ1) is 21.0. The van der Waals surface area contributed by atoms with Crippen LogP contribution < -0.4 is 0 Å². The molecule has 8 nitrogen and oxygen atoms in total. The largest absolute Gasteiger partial charge is 0.454 e. The average molecular weight is 396 g/mol. The van der Waals surface area contributed by atoms with Gasteiger partial charge in [-0.15, -0.1) is 0 Å². The van der Waals surface area contributed by atoms with Gasteiger partial charge in [0.25, 0.3) is 0 Å². The maximum atomic E-state index is 12.4. The zero-order valence-electron chi connectivity index (χ0n) is 16.5. The summed E-state index contributed by atoms with van der Waals surface area (Å²) in [5, 5.41) is 33.2. The van der Waals surface area contributed by atoms with Crippen molar-refractivity contribution in [1.29, 1.82) is 0 Å². The molecule has 0 aliphatic carbocycles. The van der Waals surface area contributed by atoms with E-state index in [1.807, 2.05) is 0 Å². The van der Waals surface area contributed by atoms with Crippen molar-refractivity contribution in [2.24, 2.45) is 11.8 Å². The van der Waals surface area contributed by atoms with E-state index in [1.165, 1.54) is 6.92 Å². The Labute approximate surface area is 163 Å². The Hall–Kier alpha value is -1.74. The molecule has 0 aromatic rings. The number of hydrogen-bond acceptors (Lipinski definition) is 8. The summed E-state index contributed by atoms with van der Waals surface area (Å²) in [5.74, 6) is -4.94. The van der Waals surface area contributed by atoms with Crippen LogP contribution in [0, 0.1) is 11.8 Å². The summed E-state index contributed by atoms with van der Waals surface area (Å²) >= 11 is 0. The number of fused-ring (bicyclic) bond motifs is 3. The van der Waals surface area contributed by atoms with Crippen molar-refractivity contribution in [2.45, 2.75) is 76.3 Å². The van der Waals surface area contributed by atoms with Gasteiger partial charge in [-0.05, 0) is 27.2 Å². The Balaban J connectivity index is 2.08. The molecule has 3 unspecified atom stereocenters. The SMILES string of the molecule is C=C1C(=O)OC2C1[C@@H](O)[C@@]1(O)OC(C[C@H]1C)C[C@](C)(O)[C@@H]2OC(=O)/C(C)=C\C. The molecule has 0 amide bonds. The number of aliphatic hydroxyl groups is 3. The molecule has 3 heterocycles. The minimum Gasteiger partial charge on any atom is -0.454 e. The first-order chi connectivity index (χ1) is 12.9. The molecule has 3 aliphatic heterocycles. The van der Waals surface area contributed by atoms with Gasteiger partial charge >= 0.3 is 11.9 Å². The van der Waals surface area contributed by atoms with E-state index in [0.29, 0.717) is 12.0 Å². The third kappa shape index (κ3) is 3.18. The quantitative estimate of drug-likeness (QED) is 0.458. The summed E-state index contributed by atoms with van der Waals surface area (Å²) in [5.41, 5.74) is -1.38. The van der Waals surface area contributed by atoms with E-state index in [2.05, 4.69) is 6.58 Å². The Bertz CT molecular complexity index is 726. The second-order valence-corrected chi connectivity index (χ2v) is 8.35. The molecular formula is C20H28O8. The van der Waals surface area contributed by atoms with E-state index in [-0.39, 0.29) is 12.0 Å². The molecule has 0 saturated carbocycles. The van der Waals surface area contributed by atoms with Gasteiger partial charge in [-0.3, -0.25) is 0 Å². The van der Waals surface area contributed by atoms with Gasteiger partial charge in [0.05, 0.1) is 12.0 Å². The fourth-order valence-electron chi connectivity index (χ4n) is 4.42. The van der Waals surface area contributed by atoms with Crippen LogP contribution in [-0.4, -0.2) is 63.1 Å². The van der Waals surface area contributed by atoms with Crippen LogP contribution >= 0.6 is 0 Å². The van der Waals surface area contributed by atoms with Gasteiger partial charge in [-0.2, -0.15) is 0 Å². The lowest BCUT2D eigenvalue weighted by atomic mass is 9.75. The minimum absolute atomic E-state index is 0.0203. The second kappa shape index (κ2) is 6.95. The predicted molar refractivity (Wildman–Crippen MR) is 96.7 cm³/mol. The number of rotatable bonds is 2. The number of allylic oxidation sites excluding steroid dienone is 1. The third-order valence-corrected chi connectivity index (χ3v) is 6.24. The van der Waals surface area contributed by atoms with E-state index in [0.717, 1.165) is 0 Å². The van der Waals surface area contributed by atoms with Gasteiger partial charge in [0.2, 0.25) is 0 Å². The molecule has 8 heteroatoms. The summed E-state index contributed by atoms with van der Waals surface area (Å²) in [4.78, 5) is 24.6. The fourth-order valence-corrected chi connectivity index (χ4v) is 4.42. The standard InChI is InChI=1S/C20H28O8/c1-6-9(2)17(22)27-16-14-13(11(4)18(23)26-14)15(21)20(25)10(3)7-12(28-20)8-19(16,5)24/h6,10,12-16,21,24-25H,4,7-8H2,1-3,5H3/b9-6-/t10-,12?,13?,14?,15-,16-,19+,20+/m1/s1. The molecule has 0 spiro atoms. The zero-order valence-corrected chi connectivity index (χ0v) is 16.5. The summed E-state index contributed by atoms with van der Waals surface area (Å²) in [6.07, 6.45) is -2.64. The molecule has 0 aromatic carbocycles. The first-order valence-corrected chi connectivity index (χ1v) is 9.46. The third-order valence-electron chi connectivity index (χ3n) is 6.24. The summed E-state index contributed by atoms with van der Waals surface area (Å²) in [6, 6.07) is 0. The van der Waals surface area contributed by atoms with Crippen LogP contribution in [-0.2, 0) is 23.8 Å². The zero-order chi connectivity index (χ0) is 21.0. The Morgan fingerprint density at radius 3 is 2.64 bits per heavy atom. The van der Waals surface area contributed by atoms with Crippen LogP contribution in [0.2, 0.25) is 0 Å². The monoisotopic (exact) mass is 396 g/mol. The van der Waals surface area contributed by atoms with Crippen molar-refractivity contribution in [3.05, 3.63) is 23.8 Å². The Morgan fingerprint density at radius 1 is 1.39 bits per heavy atom. The van der Waals surface area contributed by atoms with Gasteiger partial charge < -0.3 is 29.5 Å². The minimum atomic E-state index is -1.93. The molecule has 2 bridgehead atoms. The molecule has 3 saturated heterocycles. The van der Waals surface area contributed by atoms with Crippen LogP contribution in [0.25, 0.3) is 0 Å². The van der Waals surface area contributed by atoms with Crippen LogP contribution in [0.3, 0.4) is 0 Å². The average Bonchev–Trinajstić information content (AvgIpc) is 3.06. The number of hydrogen-bond donors (Lipinski definition) is 3. The highest BCUT2D eigenvalue weighted by atomic mass is 16.7. The maximum absolute atomic E-state index is 12.4. The highest BCUT2D eigenvalue weighted by Crippen LogP contribution is 2.48. The van der Waals surface area contributed by atoms with Crippen molar-refractivity contribution in [3.63, 3.8) is 0 Å². The Kier molecular flexibility index (Phi) is 5.21. The summed E-state index contributed by atoms with van der Waals surface area (Å²) in [6.45, 7) is 10.1. The molecule has 28 heavy (non-hydrogen) atoms. The van der Waals surface area contributed by atoms with E-state index in [1.54, 1.807) is 26.8 Å². The van der Waals surface area contributed by atoms with Crippen molar-refractivity contribution < 1.29 is 39.1 Å². The topological polar surface area (TPSA) is 123 Å². The van der Waals surface area contributed by atoms with E-state index < -0.39 is 59.6 Å². The number of aliphatic hydroxyl groups excluding tert-OH is 1. The van der Waals surface area contributed by atoms with Crippen LogP contribution in [0.4, 0.5) is 0 Å². The van der Waals surface area contributed by atoms with E-state index in [9.17, 15) is 24.9 Å². The van der Waals surface area contributed by atoms with Crippen molar-refractivity contribution in [3.8, 4) is 0 Å². The van der Waals surface area contributed by atoms with Gasteiger partial charge in [-0.1, -0.05) is 19.6 Å². The molecule has 3 N–H and O–H groups in total. The number of ether oxygens (including phenoxy) is 3. The molecule has 156 valence electrons. The maximum Gasteiger partial charge on any atom is 0.334 e. The summed E-state index contributed by atoms with van der Waals surface area (Å²) in [7, 11) is 0. The van der Waals surface area contributed by atoms with Gasteiger partial charge in [0, 0.05) is 23.5 Å². The van der Waals surface area contributed by atoms with Gasteiger partial charge in [-0.25, -0.2) is 9.59 Å². The molecule has 3 aliphatic rings. The molecule has 0 aromatic heterocycles. The van der Waals surface area contributed by atoms with Crippen molar-refractivity contribution in [2.75, 3.05) is 0 Å². The summed E-state index contributed by atoms with van der Waals surface area (Å²) < 4.78 is 16.6.